The van der Waals surface area contributed by atoms with E-state index < -0.39 is 23.2 Å². The maximum absolute atomic E-state index is 12.7. The minimum absolute atomic E-state index is 0.207. The third kappa shape index (κ3) is 3.80. The SMILES string of the molecule is O=C(/C=C/c1cccc(C(F)(F)F)c1)Nn1cnc2ccccc2c1=O. The van der Waals surface area contributed by atoms with E-state index >= 15 is 0 Å². The van der Waals surface area contributed by atoms with Crippen molar-refractivity contribution < 1.29 is 18.0 Å². The topological polar surface area (TPSA) is 64.0 Å². The van der Waals surface area contributed by atoms with Gasteiger partial charge in [0.25, 0.3) is 11.5 Å². The standard InChI is InChI=1S/C18H12F3N3O2/c19-18(20,21)13-5-3-4-12(10-13)8-9-16(25)23-24-11-22-15-7-2-1-6-14(15)17(24)26/h1-11H,(H,23,25)/b9-8+. The van der Waals surface area contributed by atoms with Crippen molar-refractivity contribution in [2.75, 3.05) is 5.43 Å². The van der Waals surface area contributed by atoms with Gasteiger partial charge in [-0.05, 0) is 35.9 Å². The Labute approximate surface area is 145 Å². The average molecular weight is 359 g/mol. The Hall–Kier alpha value is -3.42. The van der Waals surface area contributed by atoms with Crippen LogP contribution in [0.5, 0.6) is 0 Å². The molecule has 0 aliphatic carbocycles. The minimum atomic E-state index is -4.46. The zero-order chi connectivity index (χ0) is 18.7. The molecule has 0 saturated heterocycles. The predicted molar refractivity (Wildman–Crippen MR) is 90.8 cm³/mol. The predicted octanol–water partition coefficient (Wildman–Crippen LogP) is 3.20. The summed E-state index contributed by atoms with van der Waals surface area (Å²) in [7, 11) is 0. The Morgan fingerprint density at radius 3 is 2.65 bits per heavy atom. The van der Waals surface area contributed by atoms with Crippen LogP contribution >= 0.6 is 0 Å². The minimum Gasteiger partial charge on any atom is -0.268 e. The van der Waals surface area contributed by atoms with E-state index in [4.69, 9.17) is 0 Å². The number of hydrogen-bond acceptors (Lipinski definition) is 3. The highest BCUT2D eigenvalue weighted by atomic mass is 19.4. The van der Waals surface area contributed by atoms with Crippen LogP contribution in [0.2, 0.25) is 0 Å². The molecule has 8 heteroatoms. The van der Waals surface area contributed by atoms with Gasteiger partial charge in [0.1, 0.15) is 6.33 Å². The van der Waals surface area contributed by atoms with Gasteiger partial charge in [0.15, 0.2) is 0 Å². The fourth-order valence-electron chi connectivity index (χ4n) is 2.30. The molecule has 0 atom stereocenters. The Balaban J connectivity index is 1.78. The lowest BCUT2D eigenvalue weighted by molar-refractivity contribution is -0.137. The molecule has 132 valence electrons. The number of fused-ring (bicyclic) bond motifs is 1. The van der Waals surface area contributed by atoms with Gasteiger partial charge in [-0.1, -0.05) is 24.3 Å². The third-order valence-electron chi connectivity index (χ3n) is 3.54. The first-order chi connectivity index (χ1) is 12.3. The largest absolute Gasteiger partial charge is 0.416 e. The van der Waals surface area contributed by atoms with Crippen LogP contribution in [0.15, 0.2) is 65.7 Å². The van der Waals surface area contributed by atoms with Gasteiger partial charge in [0, 0.05) is 6.08 Å². The Morgan fingerprint density at radius 2 is 1.88 bits per heavy atom. The van der Waals surface area contributed by atoms with E-state index in [9.17, 15) is 22.8 Å². The summed E-state index contributed by atoms with van der Waals surface area (Å²) >= 11 is 0. The summed E-state index contributed by atoms with van der Waals surface area (Å²) in [5, 5.41) is 0.331. The summed E-state index contributed by atoms with van der Waals surface area (Å²) in [6.45, 7) is 0. The van der Waals surface area contributed by atoms with Crippen molar-refractivity contribution in [1.82, 2.24) is 9.66 Å². The summed E-state index contributed by atoms with van der Waals surface area (Å²) in [5.41, 5.74) is 1.74. The van der Waals surface area contributed by atoms with Crippen molar-refractivity contribution in [3.63, 3.8) is 0 Å². The van der Waals surface area contributed by atoms with Crippen molar-refractivity contribution in [1.29, 1.82) is 0 Å². The first kappa shape index (κ1) is 17.4. The number of nitrogens with one attached hydrogen (secondary N) is 1. The highest BCUT2D eigenvalue weighted by molar-refractivity contribution is 5.97. The molecular weight excluding hydrogens is 347 g/mol. The molecule has 0 spiro atoms. The van der Waals surface area contributed by atoms with E-state index in [2.05, 4.69) is 10.4 Å². The van der Waals surface area contributed by atoms with Gasteiger partial charge in [0.05, 0.1) is 16.5 Å². The van der Waals surface area contributed by atoms with Crippen molar-refractivity contribution in [2.24, 2.45) is 0 Å². The van der Waals surface area contributed by atoms with E-state index in [0.29, 0.717) is 10.9 Å². The lowest BCUT2D eigenvalue weighted by Crippen LogP contribution is -2.32. The molecule has 0 radical (unpaired) electrons. The van der Waals surface area contributed by atoms with Gasteiger partial charge in [-0.3, -0.25) is 15.0 Å². The van der Waals surface area contributed by atoms with Crippen LogP contribution in [0.3, 0.4) is 0 Å². The molecule has 0 bridgehead atoms. The van der Waals surface area contributed by atoms with Gasteiger partial charge >= 0.3 is 6.18 Å². The third-order valence-corrected chi connectivity index (χ3v) is 3.54. The zero-order valence-corrected chi connectivity index (χ0v) is 13.2. The molecule has 2 aromatic carbocycles. The number of hydrogen-bond donors (Lipinski definition) is 1. The van der Waals surface area contributed by atoms with Gasteiger partial charge in [-0.15, -0.1) is 0 Å². The van der Waals surface area contributed by atoms with Crippen LogP contribution in [0.4, 0.5) is 13.2 Å². The van der Waals surface area contributed by atoms with Crippen molar-refractivity contribution in [3.05, 3.63) is 82.4 Å². The molecular formula is C18H12F3N3O2. The van der Waals surface area contributed by atoms with Crippen molar-refractivity contribution in [3.8, 4) is 0 Å². The number of carbonyl (C=O) groups excluding carboxylic acids is 1. The molecule has 5 nitrogen and oxygen atoms in total. The lowest BCUT2D eigenvalue weighted by atomic mass is 10.1. The number of aromatic nitrogens is 2. The number of amides is 1. The maximum Gasteiger partial charge on any atom is 0.416 e. The number of benzene rings is 2. The highest BCUT2D eigenvalue weighted by Gasteiger charge is 2.30. The summed E-state index contributed by atoms with van der Waals surface area (Å²) in [5.74, 6) is -0.679. The molecule has 3 aromatic rings. The van der Waals surface area contributed by atoms with Gasteiger partial charge in [-0.2, -0.15) is 13.2 Å². The molecule has 0 saturated carbocycles. The molecule has 1 heterocycles. The van der Waals surface area contributed by atoms with Crippen LogP contribution in [0.25, 0.3) is 17.0 Å². The maximum atomic E-state index is 12.7. The number of carbonyl (C=O) groups is 1. The Morgan fingerprint density at radius 1 is 1.12 bits per heavy atom. The monoisotopic (exact) mass is 359 g/mol. The number of nitrogens with zero attached hydrogens (tertiary/aromatic N) is 2. The quantitative estimate of drug-likeness (QED) is 0.731. The van der Waals surface area contributed by atoms with Crippen LogP contribution in [-0.2, 0) is 11.0 Å². The van der Waals surface area contributed by atoms with E-state index in [0.717, 1.165) is 22.9 Å². The lowest BCUT2D eigenvalue weighted by Gasteiger charge is -2.07. The second-order valence-corrected chi connectivity index (χ2v) is 5.37. The second kappa shape index (κ2) is 6.83. The van der Waals surface area contributed by atoms with E-state index in [-0.39, 0.29) is 5.56 Å². The van der Waals surface area contributed by atoms with Crippen LogP contribution in [-0.4, -0.2) is 15.6 Å². The van der Waals surface area contributed by atoms with Crippen molar-refractivity contribution in [2.45, 2.75) is 6.18 Å². The number of rotatable bonds is 3. The molecule has 0 aliphatic heterocycles. The molecule has 1 amide bonds. The smallest absolute Gasteiger partial charge is 0.268 e. The average Bonchev–Trinajstić information content (AvgIpc) is 2.62. The Kier molecular flexibility index (Phi) is 4.57. The van der Waals surface area contributed by atoms with Gasteiger partial charge in [-0.25, -0.2) is 9.66 Å². The molecule has 1 aromatic heterocycles. The van der Waals surface area contributed by atoms with Gasteiger partial charge < -0.3 is 0 Å². The second-order valence-electron chi connectivity index (χ2n) is 5.37. The van der Waals surface area contributed by atoms with E-state index in [1.54, 1.807) is 24.3 Å². The van der Waals surface area contributed by atoms with E-state index in [1.807, 2.05) is 0 Å². The normalized spacial score (nSPS) is 11.8. The van der Waals surface area contributed by atoms with E-state index in [1.165, 1.54) is 24.5 Å². The molecule has 26 heavy (non-hydrogen) atoms. The van der Waals surface area contributed by atoms with Crippen LogP contribution < -0.4 is 11.0 Å². The molecule has 3 rings (SSSR count). The molecule has 0 unspecified atom stereocenters. The highest BCUT2D eigenvalue weighted by Crippen LogP contribution is 2.29. The number of para-hydroxylation sites is 1. The fourth-order valence-corrected chi connectivity index (χ4v) is 2.30. The first-order valence-electron chi connectivity index (χ1n) is 7.47. The molecule has 0 aliphatic rings. The van der Waals surface area contributed by atoms with Crippen molar-refractivity contribution >= 4 is 22.9 Å². The molecule has 1 N–H and O–H groups in total. The van der Waals surface area contributed by atoms with Gasteiger partial charge in [0.2, 0.25) is 0 Å². The summed E-state index contributed by atoms with van der Waals surface area (Å²) in [4.78, 5) is 28.3. The van der Waals surface area contributed by atoms with Crippen LogP contribution in [0, 0.1) is 0 Å². The Bertz CT molecular complexity index is 1060. The zero-order valence-electron chi connectivity index (χ0n) is 13.2. The first-order valence-corrected chi connectivity index (χ1v) is 7.47. The molecule has 0 fully saturated rings. The number of alkyl halides is 3. The van der Waals surface area contributed by atoms with Crippen LogP contribution in [0.1, 0.15) is 11.1 Å². The number of halogens is 3. The summed E-state index contributed by atoms with van der Waals surface area (Å²) in [6.07, 6.45) is -1.03. The summed E-state index contributed by atoms with van der Waals surface area (Å²) in [6, 6.07) is 11.2. The summed E-state index contributed by atoms with van der Waals surface area (Å²) < 4.78 is 39.0. The fraction of sp³-hybridized carbons (Fsp3) is 0.0556.